The van der Waals surface area contributed by atoms with Crippen LogP contribution in [-0.2, 0) is 4.74 Å². The first-order valence-corrected chi connectivity index (χ1v) is 7.79. The number of carbonyl (C=O) groups excluding carboxylic acids is 2. The maximum Gasteiger partial charge on any atom is 0.344 e. The minimum atomic E-state index is -0.659. The predicted octanol–water partition coefficient (Wildman–Crippen LogP) is 3.98. The summed E-state index contributed by atoms with van der Waals surface area (Å²) < 4.78 is 10.6. The molecule has 0 saturated carbocycles. The van der Waals surface area contributed by atoms with Crippen molar-refractivity contribution < 1.29 is 19.1 Å². The van der Waals surface area contributed by atoms with E-state index < -0.39 is 11.9 Å². The number of nitriles is 1. The zero-order valence-electron chi connectivity index (χ0n) is 14.4. The molecule has 0 N–H and O–H groups in total. The van der Waals surface area contributed by atoms with E-state index in [1.807, 2.05) is 26.8 Å². The van der Waals surface area contributed by atoms with Crippen LogP contribution in [0.4, 0.5) is 0 Å². The topological polar surface area (TPSA) is 76.4 Å². The van der Waals surface area contributed by atoms with Crippen molar-refractivity contribution in [3.05, 3.63) is 65.2 Å². The molecule has 128 valence electrons. The van der Waals surface area contributed by atoms with E-state index in [4.69, 9.17) is 14.7 Å². The molecular formula is C20H19NO4. The van der Waals surface area contributed by atoms with E-state index >= 15 is 0 Å². The molecular weight excluding hydrogens is 318 g/mol. The molecule has 5 nitrogen and oxygen atoms in total. The van der Waals surface area contributed by atoms with Crippen molar-refractivity contribution in [2.45, 2.75) is 20.8 Å². The molecule has 0 atom stereocenters. The maximum atomic E-state index is 12.4. The second-order valence-corrected chi connectivity index (χ2v) is 6.71. The number of benzene rings is 2. The largest absolute Gasteiger partial charge is 0.462 e. The second-order valence-electron chi connectivity index (χ2n) is 6.71. The van der Waals surface area contributed by atoms with E-state index in [1.54, 1.807) is 24.3 Å². The van der Waals surface area contributed by atoms with Gasteiger partial charge in [0.05, 0.1) is 29.4 Å². The molecule has 25 heavy (non-hydrogen) atoms. The third-order valence-electron chi connectivity index (χ3n) is 3.20. The number of nitrogens with zero attached hydrogens (tertiary/aromatic N) is 1. The van der Waals surface area contributed by atoms with Gasteiger partial charge in [0, 0.05) is 0 Å². The van der Waals surface area contributed by atoms with Crippen LogP contribution in [0, 0.1) is 16.7 Å². The molecule has 0 saturated heterocycles. The summed E-state index contributed by atoms with van der Waals surface area (Å²) in [5.74, 6) is -0.933. The Bertz CT molecular complexity index is 811. The van der Waals surface area contributed by atoms with Gasteiger partial charge in [-0.25, -0.2) is 9.59 Å². The third kappa shape index (κ3) is 5.18. The van der Waals surface area contributed by atoms with Crippen molar-refractivity contribution in [1.29, 1.82) is 5.26 Å². The summed E-state index contributed by atoms with van der Waals surface area (Å²) in [5.41, 5.74) is 0.579. The number of ether oxygens (including phenoxy) is 2. The lowest BCUT2D eigenvalue weighted by molar-refractivity contribution is 0.0362. The van der Waals surface area contributed by atoms with E-state index in [-0.39, 0.29) is 23.1 Å². The van der Waals surface area contributed by atoms with Gasteiger partial charge in [-0.05, 0) is 41.8 Å². The average Bonchev–Trinajstić information content (AvgIpc) is 2.59. The molecule has 0 aliphatic heterocycles. The van der Waals surface area contributed by atoms with Gasteiger partial charge in [-0.15, -0.1) is 0 Å². The Morgan fingerprint density at radius 3 is 2.04 bits per heavy atom. The van der Waals surface area contributed by atoms with E-state index in [0.29, 0.717) is 11.3 Å². The predicted molar refractivity (Wildman–Crippen MR) is 92.3 cm³/mol. The van der Waals surface area contributed by atoms with Gasteiger partial charge < -0.3 is 9.47 Å². The molecule has 0 spiro atoms. The Kier molecular flexibility index (Phi) is 5.56. The van der Waals surface area contributed by atoms with E-state index in [9.17, 15) is 9.59 Å². The lowest BCUT2D eigenvalue weighted by atomic mass is 9.98. The van der Waals surface area contributed by atoms with Crippen LogP contribution in [0.1, 0.15) is 47.1 Å². The lowest BCUT2D eigenvalue weighted by Crippen LogP contribution is -2.21. The summed E-state index contributed by atoms with van der Waals surface area (Å²) >= 11 is 0. The van der Waals surface area contributed by atoms with Gasteiger partial charge in [-0.1, -0.05) is 32.9 Å². The maximum absolute atomic E-state index is 12.4. The fraction of sp³-hybridized carbons (Fsp3) is 0.250. The molecule has 2 rings (SSSR count). The van der Waals surface area contributed by atoms with Gasteiger partial charge >= 0.3 is 11.9 Å². The molecule has 0 fully saturated rings. The highest BCUT2D eigenvalue weighted by molar-refractivity contribution is 6.03. The number of hydrogen-bond donors (Lipinski definition) is 0. The summed E-state index contributed by atoms with van der Waals surface area (Å²) in [6, 6.07) is 14.5. The van der Waals surface area contributed by atoms with Crippen molar-refractivity contribution in [1.82, 2.24) is 0 Å². The van der Waals surface area contributed by atoms with Crippen LogP contribution in [0.15, 0.2) is 48.5 Å². The third-order valence-corrected chi connectivity index (χ3v) is 3.20. The molecule has 5 heteroatoms. The number of rotatable bonds is 4. The number of esters is 2. The molecule has 0 heterocycles. The van der Waals surface area contributed by atoms with Gasteiger partial charge in [0.25, 0.3) is 0 Å². The summed E-state index contributed by atoms with van der Waals surface area (Å²) in [7, 11) is 0. The highest BCUT2D eigenvalue weighted by atomic mass is 16.5. The minimum Gasteiger partial charge on any atom is -0.462 e. The van der Waals surface area contributed by atoms with Gasteiger partial charge in [-0.3, -0.25) is 0 Å². The monoisotopic (exact) mass is 337 g/mol. The molecule has 0 bridgehead atoms. The molecule has 0 aliphatic rings. The highest BCUT2D eigenvalue weighted by Gasteiger charge is 2.21. The van der Waals surface area contributed by atoms with Crippen molar-refractivity contribution in [3.63, 3.8) is 0 Å². The first-order chi connectivity index (χ1) is 11.8. The summed E-state index contributed by atoms with van der Waals surface area (Å²) in [6.45, 7) is 6.09. The van der Waals surface area contributed by atoms with Crippen molar-refractivity contribution in [3.8, 4) is 11.8 Å². The van der Waals surface area contributed by atoms with Crippen LogP contribution in [0.3, 0.4) is 0 Å². The fourth-order valence-electron chi connectivity index (χ4n) is 1.96. The van der Waals surface area contributed by atoms with E-state index in [1.165, 1.54) is 24.3 Å². The first kappa shape index (κ1) is 18.2. The Labute approximate surface area is 146 Å². The van der Waals surface area contributed by atoms with Crippen LogP contribution >= 0.6 is 0 Å². The quantitative estimate of drug-likeness (QED) is 0.623. The Morgan fingerprint density at radius 2 is 1.52 bits per heavy atom. The van der Waals surface area contributed by atoms with Gasteiger partial charge in [0.2, 0.25) is 0 Å². The second kappa shape index (κ2) is 7.63. The van der Waals surface area contributed by atoms with Crippen molar-refractivity contribution >= 4 is 11.9 Å². The van der Waals surface area contributed by atoms with Crippen molar-refractivity contribution in [2.75, 3.05) is 6.61 Å². The summed E-state index contributed by atoms with van der Waals surface area (Å²) in [6.07, 6.45) is 0. The molecule has 0 aromatic heterocycles. The van der Waals surface area contributed by atoms with Crippen LogP contribution < -0.4 is 4.74 Å². The lowest BCUT2D eigenvalue weighted by Gasteiger charge is -2.18. The van der Waals surface area contributed by atoms with Gasteiger partial charge in [0.15, 0.2) is 0 Å². The van der Waals surface area contributed by atoms with Crippen LogP contribution in [-0.4, -0.2) is 18.5 Å². The molecule has 2 aromatic rings. The average molecular weight is 337 g/mol. The number of carbonyl (C=O) groups is 2. The normalized spacial score (nSPS) is 10.6. The number of hydrogen-bond acceptors (Lipinski definition) is 5. The molecule has 0 radical (unpaired) electrons. The summed E-state index contributed by atoms with van der Waals surface area (Å²) in [4.78, 5) is 24.7. The smallest absolute Gasteiger partial charge is 0.344 e. The van der Waals surface area contributed by atoms with Gasteiger partial charge in [0.1, 0.15) is 5.75 Å². The minimum absolute atomic E-state index is 0.130. The molecule has 0 unspecified atom stereocenters. The molecule has 0 aliphatic carbocycles. The fourth-order valence-corrected chi connectivity index (χ4v) is 1.96. The van der Waals surface area contributed by atoms with Crippen LogP contribution in [0.2, 0.25) is 0 Å². The Morgan fingerprint density at radius 1 is 0.960 bits per heavy atom. The molecule has 0 amide bonds. The molecule has 2 aromatic carbocycles. The highest BCUT2D eigenvalue weighted by Crippen LogP contribution is 2.19. The summed E-state index contributed by atoms with van der Waals surface area (Å²) in [5, 5.41) is 8.78. The zero-order valence-corrected chi connectivity index (χ0v) is 14.4. The SMILES string of the molecule is CC(C)(C)COC(=O)c1ccccc1C(=O)Oc1ccc(C#N)cc1. The Balaban J connectivity index is 2.17. The van der Waals surface area contributed by atoms with Crippen LogP contribution in [0.5, 0.6) is 5.75 Å². The first-order valence-electron chi connectivity index (χ1n) is 7.79. The van der Waals surface area contributed by atoms with Crippen molar-refractivity contribution in [2.24, 2.45) is 5.41 Å². The standard InChI is InChI=1S/C20H19NO4/c1-20(2,3)13-24-18(22)16-6-4-5-7-17(16)19(23)25-15-10-8-14(12-21)9-11-15/h4-11H,13H2,1-3H3. The zero-order chi connectivity index (χ0) is 18.4. The van der Waals surface area contributed by atoms with Crippen LogP contribution in [0.25, 0.3) is 0 Å². The van der Waals surface area contributed by atoms with E-state index in [0.717, 1.165) is 0 Å². The Hall–Kier alpha value is -3.13. The van der Waals surface area contributed by atoms with E-state index in [2.05, 4.69) is 0 Å². The van der Waals surface area contributed by atoms with Gasteiger partial charge in [-0.2, -0.15) is 5.26 Å².